The summed E-state index contributed by atoms with van der Waals surface area (Å²) in [7, 11) is 0.575. The number of anilines is 1. The lowest BCUT2D eigenvalue weighted by molar-refractivity contribution is 0.264. The van der Waals surface area contributed by atoms with E-state index in [1.54, 1.807) is 15.3 Å². The first kappa shape index (κ1) is 20.4. The van der Waals surface area contributed by atoms with Crippen molar-refractivity contribution in [3.05, 3.63) is 36.0 Å². The molecule has 0 aromatic carbocycles. The van der Waals surface area contributed by atoms with Crippen LogP contribution in [0.3, 0.4) is 0 Å². The van der Waals surface area contributed by atoms with Crippen molar-refractivity contribution in [3.63, 3.8) is 0 Å². The smallest absolute Gasteiger partial charge is 0.214 e. The van der Waals surface area contributed by atoms with Gasteiger partial charge in [0, 0.05) is 56.6 Å². The standard InChI is InChI=1S/C21H29N7O2S/c1-21(2)12-28(10-15-9-26(3)25-18(15)21)31(29,30)11-14-7-16(8-14)27(4)20-17-5-6-22-19(17)23-13-24-20/h5-6,9,13-14,16H,7-8,10-12H2,1-4H3,(H,22,23,24)/t14-,16+. The van der Waals surface area contributed by atoms with E-state index >= 15 is 0 Å². The van der Waals surface area contributed by atoms with Gasteiger partial charge in [-0.1, -0.05) is 13.8 Å². The summed E-state index contributed by atoms with van der Waals surface area (Å²) in [6.07, 6.45) is 7.06. The number of fused-ring (bicyclic) bond motifs is 2. The molecule has 0 unspecified atom stereocenters. The normalized spacial score (nSPS) is 23.5. The van der Waals surface area contributed by atoms with E-state index in [0.717, 1.165) is 41.0 Å². The fraction of sp³-hybridized carbons (Fsp3) is 0.571. The van der Waals surface area contributed by atoms with E-state index in [2.05, 4.69) is 38.8 Å². The minimum absolute atomic E-state index is 0.166. The Labute approximate surface area is 182 Å². The van der Waals surface area contributed by atoms with Gasteiger partial charge in [0.25, 0.3) is 0 Å². The lowest BCUT2D eigenvalue weighted by Crippen LogP contribution is -2.49. The average Bonchev–Trinajstić information content (AvgIpc) is 3.29. The molecule has 9 nitrogen and oxygen atoms in total. The first-order chi connectivity index (χ1) is 14.6. The zero-order valence-corrected chi connectivity index (χ0v) is 19.2. The van der Waals surface area contributed by atoms with Crippen LogP contribution in [0.1, 0.15) is 37.9 Å². The fourth-order valence-corrected chi connectivity index (χ4v) is 6.98. The van der Waals surface area contributed by atoms with Crippen molar-refractivity contribution in [1.29, 1.82) is 0 Å². The average molecular weight is 444 g/mol. The van der Waals surface area contributed by atoms with Gasteiger partial charge in [-0.05, 0) is 24.8 Å². The molecule has 166 valence electrons. The maximum atomic E-state index is 13.2. The maximum Gasteiger partial charge on any atom is 0.214 e. The van der Waals surface area contributed by atoms with E-state index in [4.69, 9.17) is 0 Å². The molecule has 1 saturated carbocycles. The summed E-state index contributed by atoms with van der Waals surface area (Å²) >= 11 is 0. The SMILES string of the molecule is Cn1cc2c(n1)C(C)(C)CN(S(=O)(=O)C[C@H]1C[C@@H](N(C)c3ncnc4[nH]ccc34)C1)C2. The molecule has 0 saturated heterocycles. The first-order valence-corrected chi connectivity index (χ1v) is 12.3. The number of hydrogen-bond donors (Lipinski definition) is 1. The predicted molar refractivity (Wildman–Crippen MR) is 119 cm³/mol. The van der Waals surface area contributed by atoms with Crippen LogP contribution in [0.15, 0.2) is 24.8 Å². The Morgan fingerprint density at radius 1 is 1.29 bits per heavy atom. The van der Waals surface area contributed by atoms with Gasteiger partial charge in [-0.2, -0.15) is 9.40 Å². The number of hydrogen-bond acceptors (Lipinski definition) is 6. The molecule has 0 spiro atoms. The Morgan fingerprint density at radius 3 is 2.84 bits per heavy atom. The van der Waals surface area contributed by atoms with E-state index in [0.29, 0.717) is 13.1 Å². The van der Waals surface area contributed by atoms with Crippen LogP contribution in [0.2, 0.25) is 0 Å². The molecule has 1 N–H and O–H groups in total. The quantitative estimate of drug-likeness (QED) is 0.648. The Hall–Kier alpha value is -2.46. The van der Waals surface area contributed by atoms with Gasteiger partial charge in [-0.25, -0.2) is 18.4 Å². The predicted octanol–water partition coefficient (Wildman–Crippen LogP) is 2.03. The lowest BCUT2D eigenvalue weighted by atomic mass is 9.81. The molecule has 0 bridgehead atoms. The van der Waals surface area contributed by atoms with E-state index in [9.17, 15) is 8.42 Å². The summed E-state index contributed by atoms with van der Waals surface area (Å²) in [6.45, 7) is 5.02. The monoisotopic (exact) mass is 443 g/mol. The Morgan fingerprint density at radius 2 is 2.06 bits per heavy atom. The highest BCUT2D eigenvalue weighted by molar-refractivity contribution is 7.89. The van der Waals surface area contributed by atoms with Crippen molar-refractivity contribution in [3.8, 4) is 0 Å². The highest BCUT2D eigenvalue weighted by atomic mass is 32.2. The Bertz CT molecular complexity index is 1220. The molecule has 0 amide bonds. The molecule has 1 aliphatic heterocycles. The van der Waals surface area contributed by atoms with Crippen molar-refractivity contribution < 1.29 is 8.42 Å². The van der Waals surface area contributed by atoms with Crippen LogP contribution in [-0.2, 0) is 29.0 Å². The van der Waals surface area contributed by atoms with E-state index in [-0.39, 0.29) is 23.1 Å². The second-order valence-corrected chi connectivity index (χ2v) is 11.7. The van der Waals surface area contributed by atoms with E-state index in [1.807, 2.05) is 32.6 Å². The maximum absolute atomic E-state index is 13.2. The summed E-state index contributed by atoms with van der Waals surface area (Å²) < 4.78 is 29.9. The fourth-order valence-electron chi connectivity index (χ4n) is 5.05. The highest BCUT2D eigenvalue weighted by Crippen LogP contribution is 2.38. The van der Waals surface area contributed by atoms with Crippen LogP contribution in [0.25, 0.3) is 11.0 Å². The number of rotatable bonds is 5. The van der Waals surface area contributed by atoms with Gasteiger partial charge in [0.15, 0.2) is 0 Å². The van der Waals surface area contributed by atoms with Crippen LogP contribution in [-0.4, -0.2) is 62.8 Å². The molecular formula is C21H29N7O2S. The van der Waals surface area contributed by atoms with Crippen LogP contribution in [0.5, 0.6) is 0 Å². The van der Waals surface area contributed by atoms with Gasteiger partial charge in [0.1, 0.15) is 17.8 Å². The molecule has 2 aliphatic rings. The third kappa shape index (κ3) is 3.51. The number of aryl methyl sites for hydroxylation is 1. The zero-order chi connectivity index (χ0) is 22.0. The van der Waals surface area contributed by atoms with Crippen LogP contribution >= 0.6 is 0 Å². The van der Waals surface area contributed by atoms with E-state index in [1.165, 1.54) is 0 Å². The molecule has 0 radical (unpaired) electrons. The van der Waals surface area contributed by atoms with Crippen molar-refractivity contribution in [2.45, 2.75) is 44.7 Å². The number of sulfonamides is 1. The molecule has 4 heterocycles. The van der Waals surface area contributed by atoms with Gasteiger partial charge in [0.2, 0.25) is 10.0 Å². The molecule has 5 rings (SSSR count). The van der Waals surface area contributed by atoms with Gasteiger partial charge >= 0.3 is 0 Å². The van der Waals surface area contributed by atoms with Gasteiger partial charge < -0.3 is 9.88 Å². The molecule has 10 heteroatoms. The molecule has 0 atom stereocenters. The van der Waals surface area contributed by atoms with Crippen molar-refractivity contribution >= 4 is 26.9 Å². The lowest BCUT2D eigenvalue weighted by Gasteiger charge is -2.43. The second-order valence-electron chi connectivity index (χ2n) is 9.65. The summed E-state index contributed by atoms with van der Waals surface area (Å²) in [5.41, 5.74) is 2.54. The summed E-state index contributed by atoms with van der Waals surface area (Å²) in [5, 5.41) is 5.55. The molecule has 1 fully saturated rings. The third-order valence-electron chi connectivity index (χ3n) is 6.73. The Kier molecular flexibility index (Phi) is 4.63. The number of nitrogens with zero attached hydrogens (tertiary/aromatic N) is 6. The van der Waals surface area contributed by atoms with Gasteiger partial charge in [0.05, 0.1) is 16.8 Å². The molecule has 3 aromatic heterocycles. The summed E-state index contributed by atoms with van der Waals surface area (Å²) in [6, 6.07) is 2.27. The van der Waals surface area contributed by atoms with Crippen molar-refractivity contribution in [2.75, 3.05) is 24.2 Å². The number of nitrogens with one attached hydrogen (secondary N) is 1. The van der Waals surface area contributed by atoms with Crippen molar-refractivity contribution in [1.82, 2.24) is 29.0 Å². The second kappa shape index (κ2) is 7.03. The minimum atomic E-state index is -3.34. The zero-order valence-electron chi connectivity index (χ0n) is 18.4. The number of aromatic nitrogens is 5. The Balaban J connectivity index is 1.25. The van der Waals surface area contributed by atoms with Crippen molar-refractivity contribution in [2.24, 2.45) is 13.0 Å². The highest BCUT2D eigenvalue weighted by Gasteiger charge is 2.42. The molecular weight excluding hydrogens is 414 g/mol. The van der Waals surface area contributed by atoms with Crippen LogP contribution < -0.4 is 4.90 Å². The first-order valence-electron chi connectivity index (χ1n) is 10.7. The van der Waals surface area contributed by atoms with Crippen LogP contribution in [0.4, 0.5) is 5.82 Å². The molecule has 3 aromatic rings. The molecule has 31 heavy (non-hydrogen) atoms. The topological polar surface area (TPSA) is 100 Å². The summed E-state index contributed by atoms with van der Waals surface area (Å²) in [4.78, 5) is 14.0. The van der Waals surface area contributed by atoms with Gasteiger partial charge in [-0.15, -0.1) is 0 Å². The van der Waals surface area contributed by atoms with Gasteiger partial charge in [-0.3, -0.25) is 4.68 Å². The minimum Gasteiger partial charge on any atom is -0.356 e. The third-order valence-corrected chi connectivity index (χ3v) is 8.67. The van der Waals surface area contributed by atoms with E-state index < -0.39 is 10.0 Å². The number of H-pyrrole nitrogens is 1. The number of aromatic amines is 1. The summed E-state index contributed by atoms with van der Waals surface area (Å²) in [5.74, 6) is 1.26. The molecule has 1 aliphatic carbocycles. The van der Waals surface area contributed by atoms with Crippen LogP contribution in [0, 0.1) is 5.92 Å². The largest absolute Gasteiger partial charge is 0.356 e.